The zero-order valence-corrected chi connectivity index (χ0v) is 9.48. The summed E-state index contributed by atoms with van der Waals surface area (Å²) < 4.78 is 11.2. The summed E-state index contributed by atoms with van der Waals surface area (Å²) in [6, 6.07) is 0. The average molecular weight is 308 g/mol. The molecule has 0 aliphatic carbocycles. The Morgan fingerprint density at radius 3 is 3.29 bits per heavy atom. The van der Waals surface area contributed by atoms with E-state index in [1.165, 1.54) is 6.33 Å². The van der Waals surface area contributed by atoms with Crippen LogP contribution in [0.25, 0.3) is 0 Å². The average Bonchev–Trinajstić information content (AvgIpc) is 2.66. The van der Waals surface area contributed by atoms with Crippen molar-refractivity contribution < 1.29 is 9.47 Å². The van der Waals surface area contributed by atoms with Crippen LogP contribution in [0.4, 0.5) is 0 Å². The van der Waals surface area contributed by atoms with Crippen LogP contribution < -0.4 is 10.3 Å². The number of ether oxygens (including phenoxy) is 2. The van der Waals surface area contributed by atoms with Gasteiger partial charge in [-0.25, -0.2) is 4.98 Å². The number of aromatic nitrogens is 2. The second kappa shape index (κ2) is 4.26. The number of H-pyrrole nitrogens is 1. The predicted octanol–water partition coefficient (Wildman–Crippen LogP) is 0.542. The molecule has 1 aromatic rings. The molecule has 0 amide bonds. The van der Waals surface area contributed by atoms with Gasteiger partial charge in [-0.05, 0) is 22.6 Å². The van der Waals surface area contributed by atoms with Crippen molar-refractivity contribution in [1.29, 1.82) is 0 Å². The van der Waals surface area contributed by atoms with Crippen molar-refractivity contribution >= 4 is 22.6 Å². The third-order valence-electron chi connectivity index (χ3n) is 1.93. The maximum atomic E-state index is 11.2. The minimum Gasteiger partial charge on any atom is -0.471 e. The lowest BCUT2D eigenvalue weighted by molar-refractivity contribution is 0.137. The van der Waals surface area contributed by atoms with E-state index >= 15 is 0 Å². The largest absolute Gasteiger partial charge is 0.471 e. The quantitative estimate of drug-likeness (QED) is 0.810. The molecule has 1 N–H and O–H groups in total. The van der Waals surface area contributed by atoms with E-state index in [9.17, 15) is 4.79 Å². The minimum absolute atomic E-state index is 0.0258. The first kappa shape index (κ1) is 9.91. The number of nitrogens with zero attached hydrogens (tertiary/aromatic N) is 1. The van der Waals surface area contributed by atoms with Gasteiger partial charge in [0.05, 0.1) is 19.5 Å². The highest BCUT2D eigenvalue weighted by molar-refractivity contribution is 14.1. The molecule has 0 saturated carbocycles. The van der Waals surface area contributed by atoms with Crippen molar-refractivity contribution in [2.45, 2.75) is 12.5 Å². The standard InChI is InChI=1S/C8H9IN2O3/c9-6-7(12)10-4-11-8(6)14-5-1-2-13-3-5/h4-5H,1-3H2,(H,10,11,12). The molecule has 0 aromatic carbocycles. The van der Waals surface area contributed by atoms with Gasteiger partial charge in [-0.15, -0.1) is 0 Å². The zero-order chi connectivity index (χ0) is 9.97. The van der Waals surface area contributed by atoms with Crippen molar-refractivity contribution in [3.8, 4) is 5.88 Å². The summed E-state index contributed by atoms with van der Waals surface area (Å²) in [5.41, 5.74) is -0.172. The summed E-state index contributed by atoms with van der Waals surface area (Å²) in [5.74, 6) is 0.393. The van der Waals surface area contributed by atoms with Crippen LogP contribution in [0.3, 0.4) is 0 Å². The van der Waals surface area contributed by atoms with E-state index in [1.807, 2.05) is 22.6 Å². The van der Waals surface area contributed by atoms with Crippen molar-refractivity contribution in [3.63, 3.8) is 0 Å². The second-order valence-electron chi connectivity index (χ2n) is 2.95. The van der Waals surface area contributed by atoms with Crippen molar-refractivity contribution in [2.75, 3.05) is 13.2 Å². The first-order chi connectivity index (χ1) is 6.77. The Morgan fingerprint density at radius 2 is 2.57 bits per heavy atom. The van der Waals surface area contributed by atoms with Crippen LogP contribution in [-0.4, -0.2) is 29.3 Å². The molecule has 1 aromatic heterocycles. The Bertz CT molecular complexity index is 373. The maximum Gasteiger partial charge on any atom is 0.268 e. The Morgan fingerprint density at radius 1 is 1.71 bits per heavy atom. The van der Waals surface area contributed by atoms with E-state index < -0.39 is 0 Å². The monoisotopic (exact) mass is 308 g/mol. The lowest BCUT2D eigenvalue weighted by atomic mass is 10.3. The highest BCUT2D eigenvalue weighted by Crippen LogP contribution is 2.17. The second-order valence-corrected chi connectivity index (χ2v) is 4.03. The number of nitrogens with one attached hydrogen (secondary N) is 1. The summed E-state index contributed by atoms with van der Waals surface area (Å²) in [6.45, 7) is 1.29. The predicted molar refractivity (Wildman–Crippen MR) is 57.4 cm³/mol. The highest BCUT2D eigenvalue weighted by Gasteiger charge is 2.19. The first-order valence-corrected chi connectivity index (χ1v) is 5.33. The van der Waals surface area contributed by atoms with Crippen LogP contribution in [0.15, 0.2) is 11.1 Å². The summed E-state index contributed by atoms with van der Waals surface area (Å²) in [4.78, 5) is 17.6. The Balaban J connectivity index is 2.15. The van der Waals surface area contributed by atoms with Crippen LogP contribution in [0, 0.1) is 3.57 Å². The summed E-state index contributed by atoms with van der Waals surface area (Å²) >= 11 is 1.92. The third kappa shape index (κ3) is 2.06. The van der Waals surface area contributed by atoms with E-state index in [0.29, 0.717) is 22.7 Å². The van der Waals surface area contributed by atoms with Crippen LogP contribution in [0.5, 0.6) is 5.88 Å². The molecule has 0 spiro atoms. The molecular formula is C8H9IN2O3. The van der Waals surface area contributed by atoms with Crippen molar-refractivity contribution in [1.82, 2.24) is 9.97 Å². The van der Waals surface area contributed by atoms with E-state index in [1.54, 1.807) is 0 Å². The number of hydrogen-bond donors (Lipinski definition) is 1. The maximum absolute atomic E-state index is 11.2. The van der Waals surface area contributed by atoms with Gasteiger partial charge in [-0.3, -0.25) is 4.79 Å². The summed E-state index contributed by atoms with van der Waals surface area (Å²) in [5, 5.41) is 0. The zero-order valence-electron chi connectivity index (χ0n) is 7.33. The van der Waals surface area contributed by atoms with Gasteiger partial charge < -0.3 is 14.5 Å². The fourth-order valence-electron chi connectivity index (χ4n) is 1.21. The van der Waals surface area contributed by atoms with Crippen molar-refractivity contribution in [3.05, 3.63) is 20.3 Å². The van der Waals surface area contributed by atoms with Gasteiger partial charge in [0, 0.05) is 6.42 Å². The summed E-state index contributed by atoms with van der Waals surface area (Å²) in [7, 11) is 0. The molecule has 1 aliphatic rings. The molecule has 14 heavy (non-hydrogen) atoms. The van der Waals surface area contributed by atoms with Gasteiger partial charge in [0.2, 0.25) is 5.88 Å². The van der Waals surface area contributed by atoms with Crippen LogP contribution in [0.2, 0.25) is 0 Å². The molecule has 1 aliphatic heterocycles. The van der Waals surface area contributed by atoms with E-state index in [2.05, 4.69) is 9.97 Å². The molecule has 2 heterocycles. The smallest absolute Gasteiger partial charge is 0.268 e. The van der Waals surface area contributed by atoms with Gasteiger partial charge in [0.1, 0.15) is 9.67 Å². The topological polar surface area (TPSA) is 64.2 Å². The van der Waals surface area contributed by atoms with Crippen LogP contribution in [-0.2, 0) is 4.74 Å². The Labute approximate surface area is 94.0 Å². The highest BCUT2D eigenvalue weighted by atomic mass is 127. The number of aromatic amines is 1. The van der Waals surface area contributed by atoms with Gasteiger partial charge in [-0.1, -0.05) is 0 Å². The van der Waals surface area contributed by atoms with E-state index in [-0.39, 0.29) is 11.7 Å². The van der Waals surface area contributed by atoms with E-state index in [4.69, 9.17) is 9.47 Å². The summed E-state index contributed by atoms with van der Waals surface area (Å²) in [6.07, 6.45) is 2.22. The molecular weight excluding hydrogens is 299 g/mol. The SMILES string of the molecule is O=c1[nH]cnc(OC2CCOC2)c1I. The van der Waals surface area contributed by atoms with Crippen LogP contribution in [0.1, 0.15) is 6.42 Å². The van der Waals surface area contributed by atoms with Gasteiger partial charge >= 0.3 is 0 Å². The lowest BCUT2D eigenvalue weighted by Gasteiger charge is -2.10. The molecule has 76 valence electrons. The van der Waals surface area contributed by atoms with Gasteiger partial charge in [0.25, 0.3) is 5.56 Å². The van der Waals surface area contributed by atoms with Gasteiger partial charge in [0.15, 0.2) is 0 Å². The molecule has 1 fully saturated rings. The first-order valence-electron chi connectivity index (χ1n) is 4.25. The van der Waals surface area contributed by atoms with Gasteiger partial charge in [-0.2, -0.15) is 0 Å². The minimum atomic E-state index is -0.172. The molecule has 1 atom stereocenters. The third-order valence-corrected chi connectivity index (χ3v) is 2.88. The van der Waals surface area contributed by atoms with Crippen molar-refractivity contribution in [2.24, 2.45) is 0 Å². The number of halogens is 1. The van der Waals surface area contributed by atoms with E-state index in [0.717, 1.165) is 6.42 Å². The number of hydrogen-bond acceptors (Lipinski definition) is 4. The molecule has 2 rings (SSSR count). The number of rotatable bonds is 2. The normalized spacial score (nSPS) is 21.1. The molecule has 0 bridgehead atoms. The fourth-order valence-corrected chi connectivity index (χ4v) is 1.63. The molecule has 1 unspecified atom stereocenters. The lowest BCUT2D eigenvalue weighted by Crippen LogP contribution is -2.20. The molecule has 1 saturated heterocycles. The fraction of sp³-hybridized carbons (Fsp3) is 0.500. The molecule has 0 radical (unpaired) electrons. The van der Waals surface area contributed by atoms with Crippen LogP contribution >= 0.6 is 22.6 Å². The molecule has 5 nitrogen and oxygen atoms in total. The molecule has 6 heteroatoms. The Hall–Kier alpha value is -0.630. The Kier molecular flexibility index (Phi) is 3.02.